The molecule has 5 heteroatoms. The van der Waals surface area contributed by atoms with Crippen LogP contribution in [0.4, 0.5) is 0 Å². The summed E-state index contributed by atoms with van der Waals surface area (Å²) in [5.74, 6) is 2.54. The van der Waals surface area contributed by atoms with Crippen molar-refractivity contribution < 1.29 is 4.79 Å². The van der Waals surface area contributed by atoms with Crippen molar-refractivity contribution in [3.8, 4) is 0 Å². The van der Waals surface area contributed by atoms with Gasteiger partial charge in [0.15, 0.2) is 0 Å². The molecule has 2 aromatic heterocycles. The number of imidazole rings is 1. The van der Waals surface area contributed by atoms with Crippen molar-refractivity contribution in [2.75, 3.05) is 0 Å². The first-order valence-corrected chi connectivity index (χ1v) is 10.8. The van der Waals surface area contributed by atoms with Gasteiger partial charge in [0.1, 0.15) is 11.3 Å². The van der Waals surface area contributed by atoms with E-state index < -0.39 is 0 Å². The van der Waals surface area contributed by atoms with Crippen molar-refractivity contribution in [1.29, 1.82) is 0 Å². The molecule has 4 aliphatic carbocycles. The predicted molar refractivity (Wildman–Crippen MR) is 105 cm³/mol. The summed E-state index contributed by atoms with van der Waals surface area (Å²) in [5, 5.41) is 3.52. The van der Waals surface area contributed by atoms with Gasteiger partial charge in [-0.25, -0.2) is 4.98 Å². The van der Waals surface area contributed by atoms with Crippen LogP contribution >= 0.6 is 15.9 Å². The molecule has 0 aromatic carbocycles. The smallest absolute Gasteiger partial charge is 0.270 e. The van der Waals surface area contributed by atoms with Gasteiger partial charge in [0.2, 0.25) is 0 Å². The van der Waals surface area contributed by atoms with Gasteiger partial charge < -0.3 is 5.32 Å². The van der Waals surface area contributed by atoms with E-state index in [0.29, 0.717) is 0 Å². The summed E-state index contributed by atoms with van der Waals surface area (Å²) < 4.78 is 2.96. The van der Waals surface area contributed by atoms with Crippen LogP contribution in [0.1, 0.15) is 67.2 Å². The number of rotatable bonds is 3. The highest BCUT2D eigenvalue weighted by molar-refractivity contribution is 9.10. The first kappa shape index (κ1) is 16.8. The summed E-state index contributed by atoms with van der Waals surface area (Å²) in [6.45, 7) is 4.13. The van der Waals surface area contributed by atoms with Crippen LogP contribution in [0.2, 0.25) is 0 Å². The molecule has 1 amide bonds. The van der Waals surface area contributed by atoms with E-state index in [1.54, 1.807) is 0 Å². The Morgan fingerprint density at radius 1 is 1.27 bits per heavy atom. The highest BCUT2D eigenvalue weighted by Crippen LogP contribution is 2.55. The zero-order valence-electron chi connectivity index (χ0n) is 15.5. The van der Waals surface area contributed by atoms with E-state index >= 15 is 0 Å². The second-order valence-corrected chi connectivity index (χ2v) is 9.86. The number of hydrogen-bond donors (Lipinski definition) is 1. The van der Waals surface area contributed by atoms with E-state index in [4.69, 9.17) is 4.98 Å². The molecule has 4 saturated carbocycles. The summed E-state index contributed by atoms with van der Waals surface area (Å²) in [7, 11) is 0. The average molecular weight is 416 g/mol. The maximum absolute atomic E-state index is 13.4. The number of carbonyl (C=O) groups excluding carboxylic acids is 1. The number of pyridine rings is 1. The van der Waals surface area contributed by atoms with Gasteiger partial charge in [-0.2, -0.15) is 0 Å². The molecule has 138 valence electrons. The monoisotopic (exact) mass is 415 g/mol. The number of nitrogens with zero attached hydrogens (tertiary/aromatic N) is 2. The molecule has 4 fully saturated rings. The summed E-state index contributed by atoms with van der Waals surface area (Å²) in [4.78, 5) is 18.2. The van der Waals surface area contributed by atoms with Gasteiger partial charge >= 0.3 is 0 Å². The van der Waals surface area contributed by atoms with Crippen LogP contribution in [0, 0.1) is 24.7 Å². The second-order valence-electron chi connectivity index (χ2n) is 8.95. The largest absolute Gasteiger partial charge is 0.345 e. The third-order valence-electron chi connectivity index (χ3n) is 6.91. The Balaban J connectivity index is 1.53. The summed E-state index contributed by atoms with van der Waals surface area (Å²) >= 11 is 3.57. The average Bonchev–Trinajstić information content (AvgIpc) is 2.92. The van der Waals surface area contributed by atoms with Crippen LogP contribution in [-0.4, -0.2) is 20.8 Å². The van der Waals surface area contributed by atoms with Crippen molar-refractivity contribution in [2.24, 2.45) is 17.8 Å². The molecule has 2 aromatic rings. The summed E-state index contributed by atoms with van der Waals surface area (Å²) in [6, 6.07) is 2.06. The maximum atomic E-state index is 13.4. The quantitative estimate of drug-likeness (QED) is 0.791. The number of nitrogens with one attached hydrogen (secondary N) is 1. The van der Waals surface area contributed by atoms with Crippen LogP contribution in [-0.2, 0) is 6.42 Å². The second kappa shape index (κ2) is 5.82. The predicted octanol–water partition coefficient (Wildman–Crippen LogP) is 4.67. The molecule has 4 bridgehead atoms. The molecule has 4 nitrogen and oxygen atoms in total. The molecular formula is C21H26BrN3O. The molecule has 0 unspecified atom stereocenters. The highest BCUT2D eigenvalue weighted by Gasteiger charge is 2.51. The number of fused-ring (bicyclic) bond motifs is 1. The van der Waals surface area contributed by atoms with Gasteiger partial charge in [0.25, 0.3) is 5.91 Å². The fourth-order valence-corrected chi connectivity index (χ4v) is 6.91. The van der Waals surface area contributed by atoms with Crippen LogP contribution < -0.4 is 5.32 Å². The first-order valence-electron chi connectivity index (χ1n) is 9.96. The van der Waals surface area contributed by atoms with Crippen LogP contribution in [0.15, 0.2) is 16.7 Å². The molecule has 26 heavy (non-hydrogen) atoms. The van der Waals surface area contributed by atoms with Crippen molar-refractivity contribution >= 4 is 27.5 Å². The lowest BCUT2D eigenvalue weighted by Gasteiger charge is -2.56. The van der Waals surface area contributed by atoms with E-state index in [2.05, 4.69) is 34.2 Å². The Morgan fingerprint density at radius 2 is 1.88 bits per heavy atom. The number of carbonyl (C=O) groups is 1. The summed E-state index contributed by atoms with van der Waals surface area (Å²) in [5.41, 5.74) is 3.63. The normalized spacial score (nSPS) is 32.3. The number of hydrogen-bond acceptors (Lipinski definition) is 2. The fraction of sp³-hybridized carbons (Fsp3) is 0.619. The third-order valence-corrected chi connectivity index (χ3v) is 7.34. The SMILES string of the molecule is CCc1nc2c(C)cc(Br)cn2c1C(=O)NC12CC3CC(CC(C3)C1)C2. The molecule has 0 aliphatic heterocycles. The van der Waals surface area contributed by atoms with Gasteiger partial charge in [-0.15, -0.1) is 0 Å². The molecule has 0 saturated heterocycles. The van der Waals surface area contributed by atoms with Crippen LogP contribution in [0.3, 0.4) is 0 Å². The molecule has 0 atom stereocenters. The lowest BCUT2D eigenvalue weighted by molar-refractivity contribution is -0.0168. The Bertz CT molecular complexity index is 865. The van der Waals surface area contributed by atoms with Gasteiger partial charge in [-0.3, -0.25) is 9.20 Å². The first-order chi connectivity index (χ1) is 12.5. The van der Waals surface area contributed by atoms with Crippen LogP contribution in [0.25, 0.3) is 5.65 Å². The number of aromatic nitrogens is 2. The van der Waals surface area contributed by atoms with Crippen molar-refractivity contribution in [1.82, 2.24) is 14.7 Å². The Labute approximate surface area is 162 Å². The zero-order valence-corrected chi connectivity index (χ0v) is 17.1. The van der Waals surface area contributed by atoms with Crippen molar-refractivity contribution in [2.45, 2.75) is 64.3 Å². The molecule has 4 aliphatic rings. The maximum Gasteiger partial charge on any atom is 0.270 e. The minimum atomic E-state index is 0.0298. The lowest BCUT2D eigenvalue weighted by Crippen LogP contribution is -2.60. The third kappa shape index (κ3) is 2.54. The highest BCUT2D eigenvalue weighted by atomic mass is 79.9. The minimum Gasteiger partial charge on any atom is -0.345 e. The molecule has 0 spiro atoms. The summed E-state index contributed by atoms with van der Waals surface area (Å²) in [6.07, 6.45) is 10.4. The van der Waals surface area contributed by atoms with Crippen molar-refractivity contribution in [3.05, 3.63) is 33.7 Å². The van der Waals surface area contributed by atoms with E-state index in [1.807, 2.05) is 17.5 Å². The van der Waals surface area contributed by atoms with E-state index in [9.17, 15) is 4.79 Å². The number of amides is 1. The Kier molecular flexibility index (Phi) is 3.76. The van der Waals surface area contributed by atoms with E-state index in [0.717, 1.165) is 51.2 Å². The van der Waals surface area contributed by atoms with E-state index in [-0.39, 0.29) is 11.4 Å². The minimum absolute atomic E-state index is 0.0298. The fourth-order valence-electron chi connectivity index (χ4n) is 6.37. The molecular weight excluding hydrogens is 390 g/mol. The van der Waals surface area contributed by atoms with Crippen LogP contribution in [0.5, 0.6) is 0 Å². The molecule has 0 radical (unpaired) electrons. The van der Waals surface area contributed by atoms with Gasteiger partial charge in [-0.05, 0) is 97.2 Å². The Hall–Kier alpha value is -1.36. The van der Waals surface area contributed by atoms with Gasteiger partial charge in [0, 0.05) is 16.2 Å². The molecule has 1 N–H and O–H groups in total. The molecule has 6 rings (SSSR count). The lowest BCUT2D eigenvalue weighted by atomic mass is 9.53. The molecule has 2 heterocycles. The number of aryl methyl sites for hydroxylation is 2. The van der Waals surface area contributed by atoms with E-state index in [1.165, 1.54) is 38.5 Å². The van der Waals surface area contributed by atoms with Crippen molar-refractivity contribution in [3.63, 3.8) is 0 Å². The number of halogens is 1. The zero-order chi connectivity index (χ0) is 18.1. The standard InChI is InChI=1S/C21H26BrN3O/c1-3-17-18(25-11-16(22)4-12(2)19(25)23-17)20(26)24-21-8-13-5-14(9-21)7-15(6-13)10-21/h4,11,13-15H,3,5-10H2,1-2H3,(H,24,26). The Morgan fingerprint density at radius 3 is 2.46 bits per heavy atom. The topological polar surface area (TPSA) is 46.4 Å². The van der Waals surface area contributed by atoms with Gasteiger partial charge in [0.05, 0.1) is 5.69 Å². The van der Waals surface area contributed by atoms with Gasteiger partial charge in [-0.1, -0.05) is 6.92 Å².